The minimum absolute atomic E-state index is 0.502. The van der Waals surface area contributed by atoms with E-state index in [1.54, 1.807) is 0 Å². The molecule has 0 saturated carbocycles. The molecule has 0 radical (unpaired) electrons. The van der Waals surface area contributed by atoms with E-state index in [1.165, 1.54) is 0 Å². The molecule has 0 amide bonds. The highest BCUT2D eigenvalue weighted by molar-refractivity contribution is 6.33. The molecule has 0 aromatic heterocycles. The Hall–Kier alpha value is -1.67. The van der Waals surface area contributed by atoms with Crippen molar-refractivity contribution in [2.24, 2.45) is 0 Å². The third-order valence-electron chi connectivity index (χ3n) is 2.83. The standard InChI is InChI=1S/C15H16ClNO/c1-11-6-3-4-9-14(11)18-10-12-7-5-8-13(16)15(12)17-2/h3-9,17H,10H2,1-2H3. The second-order valence-corrected chi connectivity index (χ2v) is 4.49. The van der Waals surface area contributed by atoms with Crippen LogP contribution in [-0.4, -0.2) is 7.05 Å². The number of aryl methyl sites for hydroxylation is 1. The minimum Gasteiger partial charge on any atom is -0.489 e. The number of halogens is 1. The smallest absolute Gasteiger partial charge is 0.122 e. The lowest BCUT2D eigenvalue weighted by molar-refractivity contribution is 0.304. The van der Waals surface area contributed by atoms with Gasteiger partial charge in [0.15, 0.2) is 0 Å². The van der Waals surface area contributed by atoms with Gasteiger partial charge in [-0.3, -0.25) is 0 Å². The number of para-hydroxylation sites is 2. The average molecular weight is 262 g/mol. The Morgan fingerprint density at radius 2 is 1.89 bits per heavy atom. The molecule has 0 aliphatic carbocycles. The molecule has 0 aliphatic heterocycles. The van der Waals surface area contributed by atoms with Gasteiger partial charge in [-0.1, -0.05) is 41.9 Å². The van der Waals surface area contributed by atoms with Crippen LogP contribution in [0.25, 0.3) is 0 Å². The molecule has 0 heterocycles. The second kappa shape index (κ2) is 5.78. The van der Waals surface area contributed by atoms with Gasteiger partial charge in [-0.05, 0) is 24.6 Å². The zero-order chi connectivity index (χ0) is 13.0. The number of benzene rings is 2. The van der Waals surface area contributed by atoms with E-state index in [0.717, 1.165) is 22.6 Å². The zero-order valence-electron chi connectivity index (χ0n) is 10.5. The molecule has 0 bridgehead atoms. The maximum Gasteiger partial charge on any atom is 0.122 e. The first kappa shape index (κ1) is 12.8. The molecule has 1 N–H and O–H groups in total. The van der Waals surface area contributed by atoms with E-state index in [4.69, 9.17) is 16.3 Å². The number of anilines is 1. The predicted octanol–water partition coefficient (Wildman–Crippen LogP) is 4.27. The van der Waals surface area contributed by atoms with Crippen molar-refractivity contribution >= 4 is 17.3 Å². The van der Waals surface area contributed by atoms with E-state index in [2.05, 4.69) is 5.32 Å². The average Bonchev–Trinajstić information content (AvgIpc) is 2.38. The predicted molar refractivity (Wildman–Crippen MR) is 76.5 cm³/mol. The highest BCUT2D eigenvalue weighted by Gasteiger charge is 2.06. The molecule has 2 rings (SSSR count). The van der Waals surface area contributed by atoms with Gasteiger partial charge in [0.05, 0.1) is 10.7 Å². The maximum atomic E-state index is 6.12. The van der Waals surface area contributed by atoms with Crippen molar-refractivity contribution in [1.82, 2.24) is 0 Å². The van der Waals surface area contributed by atoms with Gasteiger partial charge >= 0.3 is 0 Å². The molecule has 0 fully saturated rings. The Kier molecular flexibility index (Phi) is 4.11. The molecule has 94 valence electrons. The fourth-order valence-electron chi connectivity index (χ4n) is 1.84. The monoisotopic (exact) mass is 261 g/mol. The summed E-state index contributed by atoms with van der Waals surface area (Å²) in [5.74, 6) is 0.902. The van der Waals surface area contributed by atoms with Gasteiger partial charge in [0.2, 0.25) is 0 Å². The molecule has 0 aliphatic rings. The first-order valence-corrected chi connectivity index (χ1v) is 6.23. The number of hydrogen-bond acceptors (Lipinski definition) is 2. The summed E-state index contributed by atoms with van der Waals surface area (Å²) >= 11 is 6.12. The number of nitrogens with one attached hydrogen (secondary N) is 1. The summed E-state index contributed by atoms with van der Waals surface area (Å²) in [4.78, 5) is 0. The molecule has 2 aromatic rings. The summed E-state index contributed by atoms with van der Waals surface area (Å²) < 4.78 is 5.82. The first-order chi connectivity index (χ1) is 8.72. The summed E-state index contributed by atoms with van der Waals surface area (Å²) in [6.07, 6.45) is 0. The van der Waals surface area contributed by atoms with Gasteiger partial charge in [-0.25, -0.2) is 0 Å². The topological polar surface area (TPSA) is 21.3 Å². The molecule has 2 aromatic carbocycles. The Morgan fingerprint density at radius 3 is 2.61 bits per heavy atom. The summed E-state index contributed by atoms with van der Waals surface area (Å²) in [7, 11) is 1.86. The molecular weight excluding hydrogens is 246 g/mol. The van der Waals surface area contributed by atoms with Crippen molar-refractivity contribution in [3.8, 4) is 5.75 Å². The van der Waals surface area contributed by atoms with E-state index in [-0.39, 0.29) is 0 Å². The Labute approximate surface area is 113 Å². The lowest BCUT2D eigenvalue weighted by atomic mass is 10.2. The van der Waals surface area contributed by atoms with Gasteiger partial charge in [-0.15, -0.1) is 0 Å². The van der Waals surface area contributed by atoms with Crippen molar-refractivity contribution in [3.63, 3.8) is 0 Å². The summed E-state index contributed by atoms with van der Waals surface area (Å²) in [5.41, 5.74) is 3.10. The fourth-order valence-corrected chi connectivity index (χ4v) is 2.13. The Balaban J connectivity index is 2.16. The third-order valence-corrected chi connectivity index (χ3v) is 3.14. The van der Waals surface area contributed by atoms with Gasteiger partial charge < -0.3 is 10.1 Å². The van der Waals surface area contributed by atoms with Crippen molar-refractivity contribution in [1.29, 1.82) is 0 Å². The van der Waals surface area contributed by atoms with Crippen molar-refractivity contribution in [2.75, 3.05) is 12.4 Å². The van der Waals surface area contributed by atoms with E-state index >= 15 is 0 Å². The first-order valence-electron chi connectivity index (χ1n) is 5.86. The van der Waals surface area contributed by atoms with Crippen LogP contribution >= 0.6 is 11.6 Å². The van der Waals surface area contributed by atoms with Crippen LogP contribution in [0.15, 0.2) is 42.5 Å². The highest BCUT2D eigenvalue weighted by Crippen LogP contribution is 2.27. The third kappa shape index (κ3) is 2.77. The molecule has 18 heavy (non-hydrogen) atoms. The van der Waals surface area contributed by atoms with Gasteiger partial charge in [-0.2, -0.15) is 0 Å². The SMILES string of the molecule is CNc1c(Cl)cccc1COc1ccccc1C. The van der Waals surface area contributed by atoms with Crippen LogP contribution in [0.3, 0.4) is 0 Å². The Morgan fingerprint density at radius 1 is 1.11 bits per heavy atom. The van der Waals surface area contributed by atoms with Crippen molar-refractivity contribution in [3.05, 3.63) is 58.6 Å². The van der Waals surface area contributed by atoms with E-state index in [0.29, 0.717) is 11.6 Å². The Bertz CT molecular complexity index is 540. The molecule has 3 heteroatoms. The van der Waals surface area contributed by atoms with E-state index in [9.17, 15) is 0 Å². The lowest BCUT2D eigenvalue weighted by Gasteiger charge is -2.13. The molecule has 2 nitrogen and oxygen atoms in total. The fraction of sp³-hybridized carbons (Fsp3) is 0.200. The molecule has 0 saturated heterocycles. The second-order valence-electron chi connectivity index (χ2n) is 4.08. The maximum absolute atomic E-state index is 6.12. The van der Waals surface area contributed by atoms with Gasteiger partial charge in [0, 0.05) is 12.6 Å². The summed E-state index contributed by atoms with van der Waals surface area (Å²) in [5, 5.41) is 3.81. The highest BCUT2D eigenvalue weighted by atomic mass is 35.5. The number of rotatable bonds is 4. The molecule has 0 atom stereocenters. The largest absolute Gasteiger partial charge is 0.489 e. The van der Waals surface area contributed by atoms with Crippen LogP contribution in [0.4, 0.5) is 5.69 Å². The van der Waals surface area contributed by atoms with Crippen LogP contribution < -0.4 is 10.1 Å². The van der Waals surface area contributed by atoms with E-state index < -0.39 is 0 Å². The van der Waals surface area contributed by atoms with Crippen LogP contribution in [0.2, 0.25) is 5.02 Å². The number of ether oxygens (including phenoxy) is 1. The van der Waals surface area contributed by atoms with Gasteiger partial charge in [0.25, 0.3) is 0 Å². The van der Waals surface area contributed by atoms with Crippen LogP contribution in [-0.2, 0) is 6.61 Å². The molecule has 0 unspecified atom stereocenters. The van der Waals surface area contributed by atoms with Crippen LogP contribution in [0, 0.1) is 6.92 Å². The lowest BCUT2D eigenvalue weighted by Crippen LogP contribution is -2.01. The van der Waals surface area contributed by atoms with Gasteiger partial charge in [0.1, 0.15) is 12.4 Å². The quantitative estimate of drug-likeness (QED) is 0.888. The molecule has 0 spiro atoms. The van der Waals surface area contributed by atoms with Crippen molar-refractivity contribution in [2.45, 2.75) is 13.5 Å². The van der Waals surface area contributed by atoms with Crippen molar-refractivity contribution < 1.29 is 4.74 Å². The summed E-state index contributed by atoms with van der Waals surface area (Å²) in [6, 6.07) is 13.8. The van der Waals surface area contributed by atoms with Crippen LogP contribution in [0.1, 0.15) is 11.1 Å². The minimum atomic E-state index is 0.502. The normalized spacial score (nSPS) is 10.2. The summed E-state index contributed by atoms with van der Waals surface area (Å²) in [6.45, 7) is 2.54. The zero-order valence-corrected chi connectivity index (χ0v) is 11.3. The van der Waals surface area contributed by atoms with Crippen LogP contribution in [0.5, 0.6) is 5.75 Å². The van der Waals surface area contributed by atoms with E-state index in [1.807, 2.05) is 56.4 Å². The molecular formula is C15H16ClNO. The number of hydrogen-bond donors (Lipinski definition) is 1.